The first kappa shape index (κ1) is 23.8. The predicted molar refractivity (Wildman–Crippen MR) is 144 cm³/mol. The highest BCUT2D eigenvalue weighted by Gasteiger charge is 2.24. The molecule has 0 aliphatic rings. The summed E-state index contributed by atoms with van der Waals surface area (Å²) in [6, 6.07) is 18.7. The first-order valence-electron chi connectivity index (χ1n) is 11.5. The number of carbonyl (C=O) groups excluding carboxylic acids is 1. The monoisotopic (exact) mass is 545 g/mol. The van der Waals surface area contributed by atoms with E-state index in [1.807, 2.05) is 52.9 Å². The number of nitrogens with zero attached hydrogens (tertiary/aromatic N) is 6. The summed E-state index contributed by atoms with van der Waals surface area (Å²) in [5, 5.41) is 25.3. The van der Waals surface area contributed by atoms with Crippen LogP contribution in [0, 0.1) is 17.0 Å². The third-order valence-electron chi connectivity index (χ3n) is 6.32. The van der Waals surface area contributed by atoms with Crippen molar-refractivity contribution >= 4 is 62.1 Å². The van der Waals surface area contributed by atoms with Gasteiger partial charge in [-0.05, 0) is 30.5 Å². The highest BCUT2D eigenvalue weighted by atomic mass is 35.5. The maximum Gasteiger partial charge on any atom is 0.314 e. The summed E-state index contributed by atoms with van der Waals surface area (Å²) in [6.07, 6.45) is 1.48. The molecule has 38 heavy (non-hydrogen) atoms. The van der Waals surface area contributed by atoms with E-state index >= 15 is 0 Å². The maximum absolute atomic E-state index is 13.4. The number of imidazole rings is 1. The van der Waals surface area contributed by atoms with Crippen LogP contribution in [0.2, 0.25) is 10.0 Å². The molecule has 0 saturated heterocycles. The number of nitro groups is 1. The number of aryl methyl sites for hydroxylation is 1. The maximum atomic E-state index is 13.4. The number of nitro benzene ring substituents is 1. The molecule has 3 heterocycles. The fourth-order valence-electron chi connectivity index (χ4n) is 4.66. The zero-order chi connectivity index (χ0) is 26.6. The standard InChI is InChI=1S/C26H17Cl2N7O3/c1-14-23(34-20-9-5-4-7-17(20)16-6-2-3-8-18(16)25(34)30-14)26(36)29-12-15-13-33(32-31-15)21-11-10-19(27)22(28)24(21)35(37)38/h2-11,13H,12H2,1H3,(H,29,36). The molecular weight excluding hydrogens is 529 g/mol. The zero-order valence-corrected chi connectivity index (χ0v) is 21.2. The predicted octanol–water partition coefficient (Wildman–Crippen LogP) is 5.67. The number of benzene rings is 3. The van der Waals surface area contributed by atoms with Crippen LogP contribution in [0.15, 0.2) is 66.9 Å². The van der Waals surface area contributed by atoms with E-state index in [4.69, 9.17) is 28.2 Å². The Morgan fingerprint density at radius 2 is 1.74 bits per heavy atom. The molecule has 0 atom stereocenters. The molecule has 6 aromatic rings. The van der Waals surface area contributed by atoms with Crippen LogP contribution in [0.5, 0.6) is 0 Å². The summed E-state index contributed by atoms with van der Waals surface area (Å²) < 4.78 is 3.10. The van der Waals surface area contributed by atoms with E-state index in [9.17, 15) is 14.9 Å². The Labute approximate surface area is 224 Å². The number of aromatic nitrogens is 5. The van der Waals surface area contributed by atoms with Gasteiger partial charge in [-0.3, -0.25) is 19.3 Å². The third kappa shape index (κ3) is 3.73. The van der Waals surface area contributed by atoms with Crippen molar-refractivity contribution in [3.63, 3.8) is 0 Å². The van der Waals surface area contributed by atoms with Crippen LogP contribution in [-0.2, 0) is 6.54 Å². The average molecular weight is 546 g/mol. The van der Waals surface area contributed by atoms with E-state index in [1.165, 1.54) is 23.0 Å². The molecular formula is C26H17Cl2N7O3. The number of hydrogen-bond donors (Lipinski definition) is 1. The molecule has 1 N–H and O–H groups in total. The highest BCUT2D eigenvalue weighted by Crippen LogP contribution is 2.36. The van der Waals surface area contributed by atoms with Gasteiger partial charge in [0.15, 0.2) is 0 Å². The Bertz CT molecular complexity index is 1930. The smallest absolute Gasteiger partial charge is 0.314 e. The molecule has 0 bridgehead atoms. The van der Waals surface area contributed by atoms with Crippen molar-refractivity contribution in [3.05, 3.63) is 104 Å². The number of amides is 1. The van der Waals surface area contributed by atoms with Crippen LogP contribution in [0.1, 0.15) is 21.9 Å². The van der Waals surface area contributed by atoms with Crippen molar-refractivity contribution in [2.24, 2.45) is 0 Å². The van der Waals surface area contributed by atoms with E-state index < -0.39 is 4.92 Å². The molecule has 0 unspecified atom stereocenters. The number of para-hydroxylation sites is 1. The van der Waals surface area contributed by atoms with E-state index in [-0.39, 0.29) is 33.9 Å². The minimum Gasteiger partial charge on any atom is -0.345 e. The number of fused-ring (bicyclic) bond motifs is 6. The topological polar surface area (TPSA) is 120 Å². The Balaban J connectivity index is 1.35. The van der Waals surface area contributed by atoms with Gasteiger partial charge in [-0.1, -0.05) is 70.9 Å². The molecule has 0 spiro atoms. The summed E-state index contributed by atoms with van der Waals surface area (Å²) in [5.41, 5.74) is 2.66. The second-order valence-electron chi connectivity index (χ2n) is 8.59. The number of rotatable bonds is 5. The van der Waals surface area contributed by atoms with Crippen LogP contribution in [-0.4, -0.2) is 35.2 Å². The summed E-state index contributed by atoms with van der Waals surface area (Å²) in [7, 11) is 0. The lowest BCUT2D eigenvalue weighted by Crippen LogP contribution is -2.25. The molecule has 12 heteroatoms. The van der Waals surface area contributed by atoms with Crippen LogP contribution in [0.4, 0.5) is 5.69 Å². The molecule has 1 amide bonds. The summed E-state index contributed by atoms with van der Waals surface area (Å²) in [4.78, 5) is 29.1. The van der Waals surface area contributed by atoms with Crippen LogP contribution < -0.4 is 5.32 Å². The van der Waals surface area contributed by atoms with Crippen LogP contribution in [0.3, 0.4) is 0 Å². The van der Waals surface area contributed by atoms with E-state index in [1.54, 1.807) is 6.92 Å². The highest BCUT2D eigenvalue weighted by molar-refractivity contribution is 6.43. The van der Waals surface area contributed by atoms with Gasteiger partial charge in [0.1, 0.15) is 27.7 Å². The Hall–Kier alpha value is -4.54. The first-order valence-corrected chi connectivity index (χ1v) is 12.2. The van der Waals surface area contributed by atoms with E-state index in [0.29, 0.717) is 22.7 Å². The minimum absolute atomic E-state index is 0.0339. The second-order valence-corrected chi connectivity index (χ2v) is 9.38. The number of pyridine rings is 1. The van der Waals surface area contributed by atoms with Gasteiger partial charge in [-0.15, -0.1) is 5.10 Å². The molecule has 3 aromatic carbocycles. The van der Waals surface area contributed by atoms with Crippen LogP contribution >= 0.6 is 23.2 Å². The largest absolute Gasteiger partial charge is 0.345 e. The second kappa shape index (κ2) is 9.09. The number of hydrogen-bond acceptors (Lipinski definition) is 6. The van der Waals surface area contributed by atoms with E-state index in [2.05, 4.69) is 15.6 Å². The molecule has 0 aliphatic carbocycles. The van der Waals surface area contributed by atoms with Gasteiger partial charge in [-0.2, -0.15) is 0 Å². The van der Waals surface area contributed by atoms with Gasteiger partial charge in [0.05, 0.1) is 33.9 Å². The SMILES string of the molecule is Cc1nc2c3ccccc3c3ccccc3n2c1C(=O)NCc1cn(-c2ccc(Cl)c(Cl)c2[N+](=O)[O-])nn1. The molecule has 0 radical (unpaired) electrons. The molecule has 0 saturated carbocycles. The minimum atomic E-state index is -0.631. The fraction of sp³-hybridized carbons (Fsp3) is 0.0769. The number of nitrogens with one attached hydrogen (secondary N) is 1. The normalized spacial score (nSPS) is 11.4. The summed E-state index contributed by atoms with van der Waals surface area (Å²) >= 11 is 12.0. The van der Waals surface area contributed by atoms with Crippen molar-refractivity contribution in [1.29, 1.82) is 0 Å². The molecule has 0 aliphatic heterocycles. The molecule has 6 rings (SSSR count). The lowest BCUT2D eigenvalue weighted by Gasteiger charge is -2.10. The van der Waals surface area contributed by atoms with Crippen LogP contribution in [0.25, 0.3) is 33.0 Å². The molecule has 10 nitrogen and oxygen atoms in total. The lowest BCUT2D eigenvalue weighted by molar-refractivity contribution is -0.384. The van der Waals surface area contributed by atoms with Gasteiger partial charge in [-0.25, -0.2) is 9.67 Å². The van der Waals surface area contributed by atoms with Crippen molar-refractivity contribution in [3.8, 4) is 5.69 Å². The first-order chi connectivity index (χ1) is 18.3. The van der Waals surface area contributed by atoms with E-state index in [0.717, 1.165) is 21.7 Å². The lowest BCUT2D eigenvalue weighted by atomic mass is 10.1. The van der Waals surface area contributed by atoms with Gasteiger partial charge in [0.25, 0.3) is 5.91 Å². The van der Waals surface area contributed by atoms with Crippen molar-refractivity contribution in [2.75, 3.05) is 0 Å². The molecule has 3 aromatic heterocycles. The fourth-order valence-corrected chi connectivity index (χ4v) is 5.04. The zero-order valence-electron chi connectivity index (χ0n) is 19.7. The van der Waals surface area contributed by atoms with Gasteiger partial charge < -0.3 is 5.32 Å². The Morgan fingerprint density at radius 3 is 2.50 bits per heavy atom. The summed E-state index contributed by atoms with van der Waals surface area (Å²) in [5.74, 6) is -0.342. The third-order valence-corrected chi connectivity index (χ3v) is 7.11. The number of halogens is 2. The number of carbonyl (C=O) groups is 1. The van der Waals surface area contributed by atoms with Gasteiger partial charge in [0, 0.05) is 10.8 Å². The van der Waals surface area contributed by atoms with Crippen molar-refractivity contribution < 1.29 is 9.72 Å². The van der Waals surface area contributed by atoms with Crippen molar-refractivity contribution in [1.82, 2.24) is 29.7 Å². The quantitative estimate of drug-likeness (QED) is 0.169. The van der Waals surface area contributed by atoms with Crippen molar-refractivity contribution in [2.45, 2.75) is 13.5 Å². The van der Waals surface area contributed by atoms with Gasteiger partial charge in [0.2, 0.25) is 0 Å². The molecule has 0 fully saturated rings. The Kier molecular flexibility index (Phi) is 5.70. The average Bonchev–Trinajstić information content (AvgIpc) is 3.53. The van der Waals surface area contributed by atoms with Gasteiger partial charge >= 0.3 is 5.69 Å². The Morgan fingerprint density at radius 1 is 1.03 bits per heavy atom. The summed E-state index contributed by atoms with van der Waals surface area (Å²) in [6.45, 7) is 1.83. The molecule has 188 valence electrons.